The third-order valence-electron chi connectivity index (χ3n) is 4.53. The van der Waals surface area contributed by atoms with Crippen LogP contribution in [0.5, 0.6) is 11.5 Å². The topological polar surface area (TPSA) is 81.1 Å². The van der Waals surface area contributed by atoms with Crippen LogP contribution in [0.15, 0.2) is 42.5 Å². The lowest BCUT2D eigenvalue weighted by Crippen LogP contribution is -3.14. The van der Waals surface area contributed by atoms with Gasteiger partial charge in [0.05, 0.1) is 17.8 Å². The number of quaternary nitrogens is 1. The molecule has 0 saturated heterocycles. The molecule has 148 valence electrons. The molecule has 3 N–H and O–H groups in total. The number of rotatable bonds is 6. The number of amides is 2. The molecule has 3 rings (SSSR count). The molecule has 0 fully saturated rings. The van der Waals surface area contributed by atoms with E-state index in [0.717, 1.165) is 4.90 Å². The van der Waals surface area contributed by atoms with Crippen LogP contribution >= 0.6 is 11.6 Å². The van der Waals surface area contributed by atoms with Crippen molar-refractivity contribution >= 4 is 34.8 Å². The zero-order valence-corrected chi connectivity index (χ0v) is 16.5. The van der Waals surface area contributed by atoms with Crippen LogP contribution in [0.4, 0.5) is 11.4 Å². The number of carbonyl (C=O) groups excluding carboxylic acids is 2. The number of nitrogens with one attached hydrogen (secondary N) is 3. The van der Waals surface area contributed by atoms with Gasteiger partial charge in [0.15, 0.2) is 24.1 Å². The maximum absolute atomic E-state index is 12.6. The van der Waals surface area contributed by atoms with Gasteiger partial charge < -0.3 is 25.0 Å². The second-order valence-corrected chi connectivity index (χ2v) is 7.03. The Morgan fingerprint density at radius 1 is 1.11 bits per heavy atom. The molecule has 28 heavy (non-hydrogen) atoms. The van der Waals surface area contributed by atoms with E-state index in [2.05, 4.69) is 10.6 Å². The van der Waals surface area contributed by atoms with Gasteiger partial charge in [0.1, 0.15) is 13.2 Å². The number of benzene rings is 2. The number of fused-ring (bicyclic) bond motifs is 1. The summed E-state index contributed by atoms with van der Waals surface area (Å²) in [4.78, 5) is 25.6. The predicted molar refractivity (Wildman–Crippen MR) is 107 cm³/mol. The summed E-state index contributed by atoms with van der Waals surface area (Å²) in [6.45, 7) is 2.89. The molecule has 2 aromatic carbocycles. The number of ether oxygens (including phenoxy) is 2. The van der Waals surface area contributed by atoms with E-state index in [0.29, 0.717) is 41.1 Å². The first kappa shape index (κ1) is 20.0. The summed E-state index contributed by atoms with van der Waals surface area (Å²) in [7, 11) is 1.79. The number of hydrogen-bond donors (Lipinski definition) is 3. The molecule has 2 amide bonds. The second kappa shape index (κ2) is 8.95. The molecule has 1 aliphatic heterocycles. The zero-order valence-electron chi connectivity index (χ0n) is 15.8. The van der Waals surface area contributed by atoms with Crippen molar-refractivity contribution in [2.75, 3.05) is 37.4 Å². The summed E-state index contributed by atoms with van der Waals surface area (Å²) in [5.74, 6) is 0.858. The van der Waals surface area contributed by atoms with Gasteiger partial charge in [-0.3, -0.25) is 9.59 Å². The van der Waals surface area contributed by atoms with Crippen LogP contribution < -0.4 is 25.0 Å². The Bertz CT molecular complexity index is 874. The molecule has 1 heterocycles. The van der Waals surface area contributed by atoms with Crippen LogP contribution in [0.25, 0.3) is 0 Å². The highest BCUT2D eigenvalue weighted by Gasteiger charge is 2.25. The average Bonchev–Trinajstić information content (AvgIpc) is 2.69. The Labute approximate surface area is 168 Å². The van der Waals surface area contributed by atoms with Gasteiger partial charge in [0.2, 0.25) is 0 Å². The van der Waals surface area contributed by atoms with Crippen molar-refractivity contribution in [2.24, 2.45) is 0 Å². The van der Waals surface area contributed by atoms with Gasteiger partial charge in [-0.1, -0.05) is 23.7 Å². The molecule has 0 aliphatic carbocycles. The van der Waals surface area contributed by atoms with Crippen molar-refractivity contribution in [3.8, 4) is 11.5 Å². The molecule has 1 unspecified atom stereocenters. The average molecular weight is 405 g/mol. The van der Waals surface area contributed by atoms with Gasteiger partial charge in [-0.15, -0.1) is 0 Å². The van der Waals surface area contributed by atoms with Crippen molar-refractivity contribution in [1.82, 2.24) is 0 Å². The van der Waals surface area contributed by atoms with E-state index in [1.165, 1.54) is 0 Å². The fraction of sp³-hybridized carbons (Fsp3) is 0.300. The van der Waals surface area contributed by atoms with Crippen molar-refractivity contribution in [3.05, 3.63) is 47.5 Å². The zero-order chi connectivity index (χ0) is 20.1. The monoisotopic (exact) mass is 404 g/mol. The number of para-hydroxylation sites is 1. The molecule has 0 aromatic heterocycles. The molecule has 8 heteroatoms. The maximum Gasteiger partial charge on any atom is 0.282 e. The Balaban J connectivity index is 1.55. The van der Waals surface area contributed by atoms with Gasteiger partial charge in [-0.25, -0.2) is 0 Å². The van der Waals surface area contributed by atoms with Crippen molar-refractivity contribution in [3.63, 3.8) is 0 Å². The number of anilines is 2. The van der Waals surface area contributed by atoms with Crippen molar-refractivity contribution in [2.45, 2.75) is 13.0 Å². The highest BCUT2D eigenvalue weighted by atomic mass is 35.5. The number of halogens is 1. The minimum Gasteiger partial charge on any atom is -0.486 e. The van der Waals surface area contributed by atoms with Crippen LogP contribution in [-0.2, 0) is 9.59 Å². The van der Waals surface area contributed by atoms with Crippen LogP contribution in [0.3, 0.4) is 0 Å². The first-order valence-corrected chi connectivity index (χ1v) is 9.39. The lowest BCUT2D eigenvalue weighted by molar-refractivity contribution is -0.885. The summed E-state index contributed by atoms with van der Waals surface area (Å²) in [6.07, 6.45) is 0. The normalized spacial score (nSPS) is 14.7. The van der Waals surface area contributed by atoms with E-state index < -0.39 is 6.04 Å². The highest BCUT2D eigenvalue weighted by Crippen LogP contribution is 2.32. The first-order chi connectivity index (χ1) is 13.4. The van der Waals surface area contributed by atoms with Crippen LogP contribution in [0.1, 0.15) is 6.92 Å². The predicted octanol–water partition coefficient (Wildman–Crippen LogP) is 1.59. The minimum atomic E-state index is -0.440. The van der Waals surface area contributed by atoms with Crippen molar-refractivity contribution in [1.29, 1.82) is 0 Å². The third kappa shape index (κ3) is 4.94. The number of hydrogen-bond acceptors (Lipinski definition) is 4. The van der Waals surface area contributed by atoms with Gasteiger partial charge in [0, 0.05) is 11.8 Å². The van der Waals surface area contributed by atoms with E-state index in [1.807, 2.05) is 0 Å². The van der Waals surface area contributed by atoms with E-state index in [1.54, 1.807) is 56.4 Å². The largest absolute Gasteiger partial charge is 0.486 e. The van der Waals surface area contributed by atoms with E-state index in [4.69, 9.17) is 21.1 Å². The Kier molecular flexibility index (Phi) is 6.38. The summed E-state index contributed by atoms with van der Waals surface area (Å²) >= 11 is 6.05. The third-order valence-corrected chi connectivity index (χ3v) is 4.86. The van der Waals surface area contributed by atoms with Gasteiger partial charge in [-0.2, -0.15) is 0 Å². The molecule has 1 aliphatic rings. The van der Waals surface area contributed by atoms with Gasteiger partial charge in [0.25, 0.3) is 11.8 Å². The highest BCUT2D eigenvalue weighted by molar-refractivity contribution is 6.33. The van der Waals surface area contributed by atoms with E-state index >= 15 is 0 Å². The molecule has 0 bridgehead atoms. The first-order valence-electron chi connectivity index (χ1n) is 9.01. The quantitative estimate of drug-likeness (QED) is 0.683. The van der Waals surface area contributed by atoms with Crippen LogP contribution in [-0.4, -0.2) is 44.7 Å². The molecular weight excluding hydrogens is 382 g/mol. The second-order valence-electron chi connectivity index (χ2n) is 6.62. The summed E-state index contributed by atoms with van der Waals surface area (Å²) in [5, 5.41) is 6.09. The van der Waals surface area contributed by atoms with E-state index in [9.17, 15) is 9.59 Å². The molecule has 0 saturated carbocycles. The smallest absolute Gasteiger partial charge is 0.282 e. The lowest BCUT2D eigenvalue weighted by Gasteiger charge is -2.22. The Hall–Kier alpha value is -2.77. The summed E-state index contributed by atoms with van der Waals surface area (Å²) in [5.41, 5.74) is 1.17. The summed E-state index contributed by atoms with van der Waals surface area (Å²) < 4.78 is 11.0. The fourth-order valence-electron chi connectivity index (χ4n) is 2.76. The molecule has 2 atom stereocenters. The minimum absolute atomic E-state index is 0.126. The molecule has 7 nitrogen and oxygen atoms in total. The maximum atomic E-state index is 12.6. The number of likely N-dealkylation sites (N-methyl/N-ethyl adjacent to an activating group) is 1. The lowest BCUT2D eigenvalue weighted by atomic mass is 10.2. The fourth-order valence-corrected chi connectivity index (χ4v) is 2.94. The van der Waals surface area contributed by atoms with Crippen LogP contribution in [0.2, 0.25) is 5.02 Å². The van der Waals surface area contributed by atoms with Gasteiger partial charge >= 0.3 is 0 Å². The molecular formula is C20H23ClN3O4+. The van der Waals surface area contributed by atoms with Gasteiger partial charge in [-0.05, 0) is 31.2 Å². The van der Waals surface area contributed by atoms with Crippen LogP contribution in [0, 0.1) is 0 Å². The standard InChI is InChI=1S/C20H22ClN3O4/c1-13(24(2)12-19(25)23-16-6-4-3-5-15(16)21)20(26)22-14-7-8-17-18(11-14)28-10-9-27-17/h3-8,11,13H,9-10,12H2,1-2H3,(H,22,26)(H,23,25)/p+1/t13-/m1/s1. The SMILES string of the molecule is C[C@H](C(=O)Nc1ccc2c(c1)OCCO2)[NH+](C)CC(=O)Nc1ccccc1Cl. The van der Waals surface area contributed by atoms with Crippen molar-refractivity contribution < 1.29 is 24.0 Å². The molecule has 0 spiro atoms. The Morgan fingerprint density at radius 3 is 2.57 bits per heavy atom. The Morgan fingerprint density at radius 2 is 1.82 bits per heavy atom. The number of carbonyl (C=O) groups is 2. The molecule has 0 radical (unpaired) electrons. The molecule has 2 aromatic rings. The summed E-state index contributed by atoms with van der Waals surface area (Å²) in [6, 6.07) is 11.8. The van der Waals surface area contributed by atoms with E-state index in [-0.39, 0.29) is 18.4 Å².